The van der Waals surface area contributed by atoms with E-state index in [4.69, 9.17) is 10.2 Å². The second-order valence-electron chi connectivity index (χ2n) is 4.99. The Morgan fingerprint density at radius 2 is 2.35 bits per heavy atom. The van der Waals surface area contributed by atoms with Crippen molar-refractivity contribution in [1.82, 2.24) is 4.90 Å². The van der Waals surface area contributed by atoms with Crippen LogP contribution in [0.2, 0.25) is 0 Å². The third kappa shape index (κ3) is 2.69. The van der Waals surface area contributed by atoms with Gasteiger partial charge in [-0.1, -0.05) is 6.92 Å². The van der Waals surface area contributed by atoms with Gasteiger partial charge in [-0.25, -0.2) is 0 Å². The first kappa shape index (κ1) is 12.2. The fourth-order valence-electron chi connectivity index (χ4n) is 2.24. The summed E-state index contributed by atoms with van der Waals surface area (Å²) in [6.07, 6.45) is 2.28. The number of carbonyl (C=O) groups is 1. The minimum absolute atomic E-state index is 0.0107. The van der Waals surface area contributed by atoms with Crippen molar-refractivity contribution in [3.8, 4) is 0 Å². The number of nitrogens with zero attached hydrogens (tertiary/aromatic N) is 1. The van der Waals surface area contributed by atoms with Crippen molar-refractivity contribution in [1.29, 1.82) is 0 Å². The van der Waals surface area contributed by atoms with Crippen LogP contribution < -0.4 is 5.73 Å². The molecule has 1 aliphatic rings. The molecule has 2 N–H and O–H groups in total. The molecule has 1 saturated heterocycles. The summed E-state index contributed by atoms with van der Waals surface area (Å²) >= 11 is 0. The summed E-state index contributed by atoms with van der Waals surface area (Å²) in [7, 11) is 0. The minimum atomic E-state index is -0.170. The lowest BCUT2D eigenvalue weighted by Gasteiger charge is -2.30. The average Bonchev–Trinajstić information content (AvgIpc) is 2.77. The second-order valence-corrected chi connectivity index (χ2v) is 4.99. The van der Waals surface area contributed by atoms with Gasteiger partial charge < -0.3 is 15.1 Å². The molecule has 2 atom stereocenters. The molecule has 94 valence electrons. The molecule has 17 heavy (non-hydrogen) atoms. The van der Waals surface area contributed by atoms with Crippen LogP contribution in [0.5, 0.6) is 0 Å². The summed E-state index contributed by atoms with van der Waals surface area (Å²) in [5.41, 5.74) is 5.71. The Kier molecular flexibility index (Phi) is 3.52. The lowest BCUT2D eigenvalue weighted by molar-refractivity contribution is 0.0648. The maximum Gasteiger partial charge on any atom is 0.289 e. The van der Waals surface area contributed by atoms with Gasteiger partial charge in [0.2, 0.25) is 0 Å². The van der Waals surface area contributed by atoms with Gasteiger partial charge in [0.1, 0.15) is 5.76 Å². The van der Waals surface area contributed by atoms with E-state index in [2.05, 4.69) is 6.92 Å². The van der Waals surface area contributed by atoms with Crippen LogP contribution in [0.4, 0.5) is 0 Å². The largest absolute Gasteiger partial charge is 0.454 e. The monoisotopic (exact) mass is 236 g/mol. The summed E-state index contributed by atoms with van der Waals surface area (Å²) in [5, 5.41) is 0. The molecular weight excluding hydrogens is 216 g/mol. The average molecular weight is 236 g/mol. The summed E-state index contributed by atoms with van der Waals surface area (Å²) < 4.78 is 5.48. The summed E-state index contributed by atoms with van der Waals surface area (Å²) in [6, 6.07) is 3.34. The van der Waals surface area contributed by atoms with E-state index >= 15 is 0 Å². The standard InChI is InChI=1S/C13H20N2O2/c1-9-4-3-7-15(8-9)13(16)12-6-5-11(17-12)10(2)14/h5-6,9-10H,3-4,7-8,14H2,1-2H3. The van der Waals surface area contributed by atoms with Gasteiger partial charge in [-0.3, -0.25) is 4.79 Å². The van der Waals surface area contributed by atoms with E-state index in [-0.39, 0.29) is 11.9 Å². The van der Waals surface area contributed by atoms with E-state index < -0.39 is 0 Å². The number of hydrogen-bond acceptors (Lipinski definition) is 3. The van der Waals surface area contributed by atoms with Crippen molar-refractivity contribution in [2.24, 2.45) is 11.7 Å². The lowest BCUT2D eigenvalue weighted by Crippen LogP contribution is -2.38. The van der Waals surface area contributed by atoms with Gasteiger partial charge in [0, 0.05) is 13.1 Å². The molecule has 0 saturated carbocycles. The quantitative estimate of drug-likeness (QED) is 0.856. The first-order valence-corrected chi connectivity index (χ1v) is 6.22. The summed E-state index contributed by atoms with van der Waals surface area (Å²) in [4.78, 5) is 14.0. The number of nitrogens with two attached hydrogens (primary N) is 1. The SMILES string of the molecule is CC1CCCN(C(=O)c2ccc(C(C)N)o2)C1. The molecule has 0 aromatic carbocycles. The van der Waals surface area contributed by atoms with Crippen LogP contribution in [0.25, 0.3) is 0 Å². The normalized spacial score (nSPS) is 22.5. The Hall–Kier alpha value is -1.29. The third-order valence-corrected chi connectivity index (χ3v) is 3.23. The number of rotatable bonds is 2. The highest BCUT2D eigenvalue weighted by molar-refractivity contribution is 5.91. The predicted molar refractivity (Wildman–Crippen MR) is 65.6 cm³/mol. The Morgan fingerprint density at radius 1 is 1.59 bits per heavy atom. The molecule has 2 unspecified atom stereocenters. The van der Waals surface area contributed by atoms with Crippen LogP contribution in [0.3, 0.4) is 0 Å². The molecule has 1 aromatic rings. The van der Waals surface area contributed by atoms with Gasteiger partial charge in [0.05, 0.1) is 6.04 Å². The Labute approximate surface area is 102 Å². The van der Waals surface area contributed by atoms with Crippen LogP contribution >= 0.6 is 0 Å². The summed E-state index contributed by atoms with van der Waals surface area (Å²) in [5.74, 6) is 1.64. The van der Waals surface area contributed by atoms with E-state index in [0.717, 1.165) is 19.5 Å². The molecule has 1 aromatic heterocycles. The molecule has 2 heterocycles. The Morgan fingerprint density at radius 3 is 2.94 bits per heavy atom. The zero-order valence-corrected chi connectivity index (χ0v) is 10.5. The molecule has 0 radical (unpaired) electrons. The smallest absolute Gasteiger partial charge is 0.289 e. The molecule has 0 spiro atoms. The van der Waals surface area contributed by atoms with Crippen molar-refractivity contribution in [3.63, 3.8) is 0 Å². The van der Waals surface area contributed by atoms with Gasteiger partial charge >= 0.3 is 0 Å². The Balaban J connectivity index is 2.07. The maximum absolute atomic E-state index is 12.2. The van der Waals surface area contributed by atoms with E-state index in [1.54, 1.807) is 12.1 Å². The van der Waals surface area contributed by atoms with Gasteiger partial charge in [-0.05, 0) is 37.8 Å². The number of furan rings is 1. The molecule has 0 bridgehead atoms. The van der Waals surface area contributed by atoms with Crippen molar-refractivity contribution in [2.75, 3.05) is 13.1 Å². The lowest BCUT2D eigenvalue weighted by atomic mass is 10.0. The predicted octanol–water partition coefficient (Wildman–Crippen LogP) is 2.17. The van der Waals surface area contributed by atoms with Crippen LogP contribution in [-0.4, -0.2) is 23.9 Å². The fourth-order valence-corrected chi connectivity index (χ4v) is 2.24. The summed E-state index contributed by atoms with van der Waals surface area (Å²) in [6.45, 7) is 5.68. The first-order chi connectivity index (χ1) is 8.08. The highest BCUT2D eigenvalue weighted by atomic mass is 16.4. The van der Waals surface area contributed by atoms with Crippen LogP contribution in [0.1, 0.15) is 49.0 Å². The highest BCUT2D eigenvalue weighted by Gasteiger charge is 2.24. The van der Waals surface area contributed by atoms with Gasteiger partial charge in [0.15, 0.2) is 5.76 Å². The number of carbonyl (C=O) groups excluding carboxylic acids is 1. The van der Waals surface area contributed by atoms with E-state index in [1.165, 1.54) is 6.42 Å². The molecular formula is C13H20N2O2. The molecule has 2 rings (SSSR count). The molecule has 0 aliphatic carbocycles. The zero-order chi connectivity index (χ0) is 12.4. The molecule has 4 heteroatoms. The van der Waals surface area contributed by atoms with E-state index in [1.807, 2.05) is 11.8 Å². The first-order valence-electron chi connectivity index (χ1n) is 6.22. The number of likely N-dealkylation sites (tertiary alicyclic amines) is 1. The van der Waals surface area contributed by atoms with Crippen molar-refractivity contribution in [3.05, 3.63) is 23.7 Å². The highest BCUT2D eigenvalue weighted by Crippen LogP contribution is 2.20. The van der Waals surface area contributed by atoms with Crippen molar-refractivity contribution < 1.29 is 9.21 Å². The fraction of sp³-hybridized carbons (Fsp3) is 0.615. The number of piperidine rings is 1. The number of amides is 1. The molecule has 1 fully saturated rings. The third-order valence-electron chi connectivity index (χ3n) is 3.23. The van der Waals surface area contributed by atoms with E-state index in [0.29, 0.717) is 17.4 Å². The maximum atomic E-state index is 12.2. The van der Waals surface area contributed by atoms with Gasteiger partial charge in [-0.2, -0.15) is 0 Å². The van der Waals surface area contributed by atoms with Gasteiger partial charge in [-0.15, -0.1) is 0 Å². The topological polar surface area (TPSA) is 59.5 Å². The van der Waals surface area contributed by atoms with Crippen molar-refractivity contribution in [2.45, 2.75) is 32.7 Å². The van der Waals surface area contributed by atoms with Crippen LogP contribution in [0, 0.1) is 5.92 Å². The van der Waals surface area contributed by atoms with Crippen LogP contribution in [-0.2, 0) is 0 Å². The number of hydrogen-bond donors (Lipinski definition) is 1. The molecule has 4 nitrogen and oxygen atoms in total. The van der Waals surface area contributed by atoms with Crippen molar-refractivity contribution >= 4 is 5.91 Å². The van der Waals surface area contributed by atoms with E-state index in [9.17, 15) is 4.79 Å². The molecule has 1 amide bonds. The van der Waals surface area contributed by atoms with Gasteiger partial charge in [0.25, 0.3) is 5.91 Å². The Bertz CT molecular complexity index is 398. The molecule has 1 aliphatic heterocycles. The minimum Gasteiger partial charge on any atom is -0.454 e. The second kappa shape index (κ2) is 4.92. The van der Waals surface area contributed by atoms with Crippen LogP contribution in [0.15, 0.2) is 16.5 Å². The zero-order valence-electron chi connectivity index (χ0n) is 10.5.